The van der Waals surface area contributed by atoms with Crippen molar-refractivity contribution in [3.8, 4) is 0 Å². The molecular formula is C13H24N4. The van der Waals surface area contributed by atoms with E-state index in [0.29, 0.717) is 6.04 Å². The normalized spacial score (nSPS) is 11.1. The van der Waals surface area contributed by atoms with Crippen LogP contribution in [0.3, 0.4) is 0 Å². The first-order valence-corrected chi connectivity index (χ1v) is 6.39. The standard InChI is InChI=1S/C13H24N4/c1-6-12-15-13(7-2)17(16-12)9-11(5)8-14-10(3)4/h10,14H,5-9H2,1-4H3. The first-order chi connectivity index (χ1) is 8.06. The summed E-state index contributed by atoms with van der Waals surface area (Å²) < 4.78 is 1.98. The minimum Gasteiger partial charge on any atom is -0.311 e. The van der Waals surface area contributed by atoms with Crippen LogP contribution in [-0.2, 0) is 19.4 Å². The van der Waals surface area contributed by atoms with E-state index in [4.69, 9.17) is 0 Å². The highest BCUT2D eigenvalue weighted by Crippen LogP contribution is 2.04. The molecule has 0 unspecified atom stereocenters. The molecule has 1 aromatic heterocycles. The second kappa shape index (κ2) is 6.55. The van der Waals surface area contributed by atoms with Crippen LogP contribution in [0.2, 0.25) is 0 Å². The Kier molecular flexibility index (Phi) is 5.35. The minimum atomic E-state index is 0.486. The number of aromatic nitrogens is 3. The molecule has 0 aliphatic heterocycles. The highest BCUT2D eigenvalue weighted by molar-refractivity contribution is 5.01. The van der Waals surface area contributed by atoms with Crippen molar-refractivity contribution < 1.29 is 0 Å². The smallest absolute Gasteiger partial charge is 0.150 e. The highest BCUT2D eigenvalue weighted by Gasteiger charge is 2.08. The predicted molar refractivity (Wildman–Crippen MR) is 71.1 cm³/mol. The fraction of sp³-hybridized carbons (Fsp3) is 0.692. The van der Waals surface area contributed by atoms with Crippen LogP contribution < -0.4 is 5.32 Å². The molecule has 0 fully saturated rings. The molecule has 0 aromatic carbocycles. The molecule has 0 aliphatic carbocycles. The fourth-order valence-electron chi connectivity index (χ4n) is 1.58. The van der Waals surface area contributed by atoms with E-state index >= 15 is 0 Å². The summed E-state index contributed by atoms with van der Waals surface area (Å²) in [5.41, 5.74) is 1.14. The summed E-state index contributed by atoms with van der Waals surface area (Å²) in [6.45, 7) is 14.1. The van der Waals surface area contributed by atoms with Gasteiger partial charge in [-0.2, -0.15) is 5.10 Å². The average Bonchev–Trinajstić information content (AvgIpc) is 2.68. The van der Waals surface area contributed by atoms with E-state index in [-0.39, 0.29) is 0 Å². The van der Waals surface area contributed by atoms with Crippen LogP contribution in [0.1, 0.15) is 39.3 Å². The molecule has 0 aliphatic rings. The van der Waals surface area contributed by atoms with Gasteiger partial charge in [0.15, 0.2) is 5.82 Å². The largest absolute Gasteiger partial charge is 0.311 e. The van der Waals surface area contributed by atoms with E-state index in [9.17, 15) is 0 Å². The Hall–Kier alpha value is -1.16. The Labute approximate surface area is 104 Å². The highest BCUT2D eigenvalue weighted by atomic mass is 15.3. The zero-order valence-corrected chi connectivity index (χ0v) is 11.5. The Morgan fingerprint density at radius 2 is 2.06 bits per heavy atom. The molecule has 0 amide bonds. The molecule has 4 heteroatoms. The lowest BCUT2D eigenvalue weighted by Crippen LogP contribution is -2.26. The van der Waals surface area contributed by atoms with Gasteiger partial charge in [-0.25, -0.2) is 9.67 Å². The van der Waals surface area contributed by atoms with Gasteiger partial charge in [0.1, 0.15) is 5.82 Å². The summed E-state index contributed by atoms with van der Waals surface area (Å²) in [4.78, 5) is 4.49. The van der Waals surface area contributed by atoms with Crippen molar-refractivity contribution in [3.05, 3.63) is 23.8 Å². The van der Waals surface area contributed by atoms with Crippen molar-refractivity contribution in [3.63, 3.8) is 0 Å². The molecule has 0 bridgehead atoms. The molecule has 0 atom stereocenters. The van der Waals surface area contributed by atoms with E-state index < -0.39 is 0 Å². The molecule has 0 spiro atoms. The maximum atomic E-state index is 4.49. The zero-order valence-electron chi connectivity index (χ0n) is 11.5. The van der Waals surface area contributed by atoms with Crippen LogP contribution in [0.15, 0.2) is 12.2 Å². The van der Waals surface area contributed by atoms with E-state index in [1.165, 1.54) is 0 Å². The van der Waals surface area contributed by atoms with Gasteiger partial charge in [0, 0.05) is 25.4 Å². The third kappa shape index (κ3) is 4.30. The van der Waals surface area contributed by atoms with Gasteiger partial charge in [0.05, 0.1) is 6.54 Å². The Morgan fingerprint density at radius 1 is 1.35 bits per heavy atom. The average molecular weight is 236 g/mol. The lowest BCUT2D eigenvalue weighted by Gasteiger charge is -2.11. The molecule has 96 valence electrons. The number of rotatable bonds is 7. The van der Waals surface area contributed by atoms with Gasteiger partial charge >= 0.3 is 0 Å². The fourth-order valence-corrected chi connectivity index (χ4v) is 1.58. The Balaban J connectivity index is 2.60. The van der Waals surface area contributed by atoms with Crippen LogP contribution in [0.5, 0.6) is 0 Å². The molecule has 1 heterocycles. The van der Waals surface area contributed by atoms with Gasteiger partial charge in [0.25, 0.3) is 0 Å². The van der Waals surface area contributed by atoms with E-state index in [2.05, 4.69) is 49.7 Å². The van der Waals surface area contributed by atoms with Crippen LogP contribution in [0, 0.1) is 0 Å². The molecule has 0 saturated carbocycles. The zero-order chi connectivity index (χ0) is 12.8. The van der Waals surface area contributed by atoms with E-state index in [1.54, 1.807) is 0 Å². The SMILES string of the molecule is C=C(CNC(C)C)Cn1nc(CC)nc1CC. The molecule has 17 heavy (non-hydrogen) atoms. The van der Waals surface area contributed by atoms with Crippen LogP contribution in [0.25, 0.3) is 0 Å². The summed E-state index contributed by atoms with van der Waals surface area (Å²) in [6.07, 6.45) is 1.80. The predicted octanol–water partition coefficient (Wildman–Crippen LogP) is 1.96. The lowest BCUT2D eigenvalue weighted by molar-refractivity contribution is 0.575. The third-order valence-corrected chi connectivity index (χ3v) is 2.56. The van der Waals surface area contributed by atoms with Gasteiger partial charge < -0.3 is 5.32 Å². The van der Waals surface area contributed by atoms with E-state index in [0.717, 1.165) is 43.2 Å². The van der Waals surface area contributed by atoms with Crippen molar-refractivity contribution in [2.45, 2.75) is 53.1 Å². The summed E-state index contributed by atoms with van der Waals surface area (Å²) in [5.74, 6) is 1.97. The molecular weight excluding hydrogens is 212 g/mol. The number of hydrogen-bond acceptors (Lipinski definition) is 3. The van der Waals surface area contributed by atoms with Crippen LogP contribution in [0.4, 0.5) is 0 Å². The molecule has 0 radical (unpaired) electrons. The summed E-state index contributed by atoms with van der Waals surface area (Å²) >= 11 is 0. The van der Waals surface area contributed by atoms with E-state index in [1.807, 2.05) is 4.68 Å². The number of hydrogen-bond donors (Lipinski definition) is 1. The van der Waals surface area contributed by atoms with Crippen LogP contribution >= 0.6 is 0 Å². The number of aryl methyl sites for hydroxylation is 2. The molecule has 1 rings (SSSR count). The quantitative estimate of drug-likeness (QED) is 0.736. The van der Waals surface area contributed by atoms with Gasteiger partial charge in [-0.3, -0.25) is 0 Å². The van der Waals surface area contributed by atoms with Gasteiger partial charge in [-0.15, -0.1) is 0 Å². The summed E-state index contributed by atoms with van der Waals surface area (Å²) in [5, 5.41) is 7.85. The Bertz CT molecular complexity index is 365. The first kappa shape index (κ1) is 13.9. The van der Waals surface area contributed by atoms with Gasteiger partial charge in [-0.05, 0) is 5.57 Å². The third-order valence-electron chi connectivity index (χ3n) is 2.56. The lowest BCUT2D eigenvalue weighted by atomic mass is 10.2. The summed E-state index contributed by atoms with van der Waals surface area (Å²) in [7, 11) is 0. The van der Waals surface area contributed by atoms with Crippen molar-refractivity contribution in [1.82, 2.24) is 20.1 Å². The number of nitrogens with one attached hydrogen (secondary N) is 1. The molecule has 1 N–H and O–H groups in total. The second-order valence-corrected chi connectivity index (χ2v) is 4.59. The number of nitrogens with zero attached hydrogens (tertiary/aromatic N) is 3. The minimum absolute atomic E-state index is 0.486. The molecule has 4 nitrogen and oxygen atoms in total. The maximum absolute atomic E-state index is 4.49. The van der Waals surface area contributed by atoms with Crippen molar-refractivity contribution in [1.29, 1.82) is 0 Å². The Morgan fingerprint density at radius 3 is 2.59 bits per heavy atom. The van der Waals surface area contributed by atoms with Gasteiger partial charge in [-0.1, -0.05) is 34.3 Å². The maximum Gasteiger partial charge on any atom is 0.150 e. The second-order valence-electron chi connectivity index (χ2n) is 4.59. The topological polar surface area (TPSA) is 42.7 Å². The van der Waals surface area contributed by atoms with Crippen molar-refractivity contribution >= 4 is 0 Å². The van der Waals surface area contributed by atoms with Crippen LogP contribution in [-0.4, -0.2) is 27.4 Å². The first-order valence-electron chi connectivity index (χ1n) is 6.39. The van der Waals surface area contributed by atoms with Crippen molar-refractivity contribution in [2.24, 2.45) is 0 Å². The van der Waals surface area contributed by atoms with Gasteiger partial charge in [0.2, 0.25) is 0 Å². The van der Waals surface area contributed by atoms with Crippen molar-refractivity contribution in [2.75, 3.05) is 6.54 Å². The summed E-state index contributed by atoms with van der Waals surface area (Å²) in [6, 6.07) is 0.486. The molecule has 0 saturated heterocycles. The monoisotopic (exact) mass is 236 g/mol. The molecule has 1 aromatic rings.